The van der Waals surface area contributed by atoms with E-state index >= 15 is 0 Å². The molecular formula is C55H31BN2OS2. The third-order valence-corrected chi connectivity index (χ3v) is 16.0. The second-order valence-electron chi connectivity index (χ2n) is 16.8. The van der Waals surface area contributed by atoms with E-state index in [0.29, 0.717) is 0 Å². The van der Waals surface area contributed by atoms with E-state index in [1.54, 1.807) is 0 Å². The molecule has 3 nitrogen and oxygen atoms in total. The highest BCUT2D eigenvalue weighted by Crippen LogP contribution is 2.53. The summed E-state index contributed by atoms with van der Waals surface area (Å²) in [6.45, 7) is 2.06. The lowest BCUT2D eigenvalue weighted by atomic mass is 9.43. The molecule has 15 rings (SSSR count). The van der Waals surface area contributed by atoms with Gasteiger partial charge in [0.25, 0.3) is 0 Å². The lowest BCUT2D eigenvalue weighted by Crippen LogP contribution is -2.60. The maximum atomic E-state index is 6.72. The van der Waals surface area contributed by atoms with Crippen molar-refractivity contribution in [2.75, 3.05) is 4.81 Å². The molecule has 0 amide bonds. The minimum Gasteiger partial charge on any atom is -0.456 e. The second-order valence-corrected chi connectivity index (χ2v) is 19.0. The first kappa shape index (κ1) is 32.7. The van der Waals surface area contributed by atoms with Gasteiger partial charge in [0.1, 0.15) is 11.2 Å². The molecule has 4 aromatic heterocycles. The van der Waals surface area contributed by atoms with Gasteiger partial charge in [-0.25, -0.2) is 0 Å². The fourth-order valence-electron chi connectivity index (χ4n) is 11.0. The van der Waals surface area contributed by atoms with Crippen LogP contribution in [0.1, 0.15) is 5.56 Å². The van der Waals surface area contributed by atoms with Gasteiger partial charge in [-0.15, -0.1) is 22.7 Å². The number of benzene rings is 9. The van der Waals surface area contributed by atoms with E-state index in [0.717, 1.165) is 21.9 Å². The number of anilines is 2. The average molecular weight is 811 g/mol. The Balaban J connectivity index is 1.16. The third-order valence-electron chi connectivity index (χ3n) is 13.6. The summed E-state index contributed by atoms with van der Waals surface area (Å²) in [5.41, 5.74) is 16.9. The van der Waals surface area contributed by atoms with Crippen LogP contribution in [0.5, 0.6) is 0 Å². The lowest BCUT2D eigenvalue weighted by molar-refractivity contribution is 0.669. The molecule has 2 aliphatic heterocycles. The molecule has 0 aliphatic carbocycles. The van der Waals surface area contributed by atoms with Crippen molar-refractivity contribution in [1.29, 1.82) is 0 Å². The number of hydrogen-bond donors (Lipinski definition) is 0. The van der Waals surface area contributed by atoms with Crippen LogP contribution in [0.3, 0.4) is 0 Å². The van der Waals surface area contributed by atoms with Crippen LogP contribution in [-0.2, 0) is 0 Å². The number of rotatable bonds is 2. The zero-order valence-electron chi connectivity index (χ0n) is 32.9. The molecule has 13 aromatic rings. The summed E-state index contributed by atoms with van der Waals surface area (Å²) < 4.78 is 14.6. The van der Waals surface area contributed by atoms with Crippen molar-refractivity contribution in [3.63, 3.8) is 0 Å². The predicted molar refractivity (Wildman–Crippen MR) is 263 cm³/mol. The van der Waals surface area contributed by atoms with Gasteiger partial charge < -0.3 is 13.8 Å². The van der Waals surface area contributed by atoms with Gasteiger partial charge in [-0.3, -0.25) is 0 Å². The van der Waals surface area contributed by atoms with E-state index in [1.165, 1.54) is 118 Å². The molecule has 0 atom stereocenters. The summed E-state index contributed by atoms with van der Waals surface area (Å²) in [6, 6.07) is 63.7. The first-order valence-electron chi connectivity index (χ1n) is 20.9. The Morgan fingerprint density at radius 3 is 2.07 bits per heavy atom. The second kappa shape index (κ2) is 11.6. The molecule has 0 radical (unpaired) electrons. The fraction of sp³-hybridized carbons (Fsp3) is 0.0182. The molecule has 6 heteroatoms. The van der Waals surface area contributed by atoms with E-state index in [9.17, 15) is 0 Å². The van der Waals surface area contributed by atoms with E-state index < -0.39 is 0 Å². The zero-order valence-corrected chi connectivity index (χ0v) is 34.5. The van der Waals surface area contributed by atoms with Gasteiger partial charge in [-0.05, 0) is 101 Å². The van der Waals surface area contributed by atoms with Crippen LogP contribution in [0.2, 0.25) is 0 Å². The van der Waals surface area contributed by atoms with Crippen LogP contribution in [0, 0.1) is 6.92 Å². The first-order valence-corrected chi connectivity index (χ1v) is 22.6. The van der Waals surface area contributed by atoms with Gasteiger partial charge in [-0.1, -0.05) is 109 Å². The van der Waals surface area contributed by atoms with Crippen LogP contribution >= 0.6 is 22.7 Å². The van der Waals surface area contributed by atoms with Crippen molar-refractivity contribution in [3.05, 3.63) is 175 Å². The number of para-hydroxylation sites is 2. The smallest absolute Gasteiger partial charge is 0.333 e. The Morgan fingerprint density at radius 1 is 0.508 bits per heavy atom. The maximum Gasteiger partial charge on any atom is 0.333 e. The van der Waals surface area contributed by atoms with Crippen molar-refractivity contribution in [2.24, 2.45) is 0 Å². The monoisotopic (exact) mass is 810 g/mol. The highest BCUT2D eigenvalue weighted by Gasteiger charge is 2.45. The van der Waals surface area contributed by atoms with Crippen molar-refractivity contribution >= 4 is 136 Å². The number of thiophene rings is 2. The van der Waals surface area contributed by atoms with E-state index in [2.05, 4.69) is 186 Å². The van der Waals surface area contributed by atoms with Gasteiger partial charge in [-0.2, -0.15) is 0 Å². The molecule has 0 unspecified atom stereocenters. The summed E-state index contributed by atoms with van der Waals surface area (Å²) in [7, 11) is 0. The molecule has 0 bridgehead atoms. The van der Waals surface area contributed by atoms with Crippen LogP contribution < -0.4 is 15.7 Å². The van der Waals surface area contributed by atoms with Crippen molar-refractivity contribution < 1.29 is 4.42 Å². The van der Waals surface area contributed by atoms with Crippen LogP contribution in [-0.4, -0.2) is 11.4 Å². The molecule has 0 saturated carbocycles. The van der Waals surface area contributed by atoms with Gasteiger partial charge in [0.05, 0.1) is 11.0 Å². The van der Waals surface area contributed by atoms with Crippen LogP contribution in [0.15, 0.2) is 174 Å². The summed E-state index contributed by atoms with van der Waals surface area (Å²) in [6.07, 6.45) is 0. The number of hydrogen-bond acceptors (Lipinski definition) is 4. The van der Waals surface area contributed by atoms with Gasteiger partial charge in [0.2, 0.25) is 0 Å². The van der Waals surface area contributed by atoms with Gasteiger partial charge >= 0.3 is 6.85 Å². The first-order chi connectivity index (χ1) is 30.2. The molecule has 0 fully saturated rings. The van der Waals surface area contributed by atoms with Crippen LogP contribution in [0.25, 0.3) is 112 Å². The summed E-state index contributed by atoms with van der Waals surface area (Å²) in [5, 5.41) is 10.1. The van der Waals surface area contributed by atoms with Crippen LogP contribution in [0.4, 0.5) is 11.4 Å². The van der Waals surface area contributed by atoms with Gasteiger partial charge in [0.15, 0.2) is 0 Å². The molecule has 282 valence electrons. The Morgan fingerprint density at radius 2 is 1.21 bits per heavy atom. The summed E-state index contributed by atoms with van der Waals surface area (Å²) in [5.74, 6) is 0. The van der Waals surface area contributed by atoms with E-state index in [1.807, 2.05) is 22.7 Å². The molecule has 61 heavy (non-hydrogen) atoms. The third kappa shape index (κ3) is 4.19. The van der Waals surface area contributed by atoms with Crippen molar-refractivity contribution in [3.8, 4) is 27.9 Å². The number of furan rings is 1. The Labute approximate surface area is 358 Å². The largest absolute Gasteiger partial charge is 0.456 e. The van der Waals surface area contributed by atoms with E-state index in [4.69, 9.17) is 4.42 Å². The Bertz CT molecular complexity index is 4090. The van der Waals surface area contributed by atoms with Gasteiger partial charge in [0, 0.05) is 84.5 Å². The minimum atomic E-state index is -0.122. The summed E-state index contributed by atoms with van der Waals surface area (Å²) >= 11 is 3.81. The molecule has 9 aromatic carbocycles. The fourth-order valence-corrected chi connectivity index (χ4v) is 13.4. The lowest BCUT2D eigenvalue weighted by Gasteiger charge is -2.42. The maximum absolute atomic E-state index is 6.72. The predicted octanol–water partition coefficient (Wildman–Crippen LogP) is 14.6. The standard InChI is InChI=1S/C55H31BN2OS2/c1-30-18-21-32(22-19-30)58-44-25-24-37-35-12-5-9-17-49(35)61-55(37)52(44)41-27-39(31-20-23-36-34-11-4-8-16-48(34)60-50(36)26-31)51-38-13-2-6-14-43(38)57-45-28-40-33-10-3-7-15-46(33)59-47(40)29-42(45)56(58)53(41)54(51)57/h2-29H,1H3. The highest BCUT2D eigenvalue weighted by atomic mass is 32.1. The normalized spacial score (nSPS) is 13.3. The molecular weight excluding hydrogens is 780 g/mol. The topological polar surface area (TPSA) is 21.3 Å². The number of aromatic nitrogens is 1. The highest BCUT2D eigenvalue weighted by molar-refractivity contribution is 7.26. The van der Waals surface area contributed by atoms with E-state index in [-0.39, 0.29) is 6.85 Å². The minimum absolute atomic E-state index is 0.122. The SMILES string of the molecule is Cc1ccc(N2B3c4cc5oc6ccccc6c5cc4-n4c5ccccc5c5c(-c6ccc7c(c6)sc6ccccc67)cc(c3c54)-c3c2ccc2c3sc3ccccc32)cc1. The molecule has 0 saturated heterocycles. The zero-order chi connectivity index (χ0) is 39.7. The quantitative estimate of drug-likeness (QED) is 0.162. The Kier molecular flexibility index (Phi) is 6.21. The molecule has 0 spiro atoms. The number of nitrogens with zero attached hydrogens (tertiary/aromatic N) is 2. The average Bonchev–Trinajstić information content (AvgIpc) is 4.07. The Hall–Kier alpha value is -7.12. The number of aryl methyl sites for hydroxylation is 1. The van der Waals surface area contributed by atoms with Crippen molar-refractivity contribution in [2.45, 2.75) is 6.92 Å². The summed E-state index contributed by atoms with van der Waals surface area (Å²) in [4.78, 5) is 2.64. The number of fused-ring (bicyclic) bond motifs is 18. The molecule has 6 heterocycles. The molecule has 2 aliphatic rings. The molecule has 0 N–H and O–H groups in total. The van der Waals surface area contributed by atoms with Crippen molar-refractivity contribution in [1.82, 2.24) is 4.57 Å².